The maximum Gasteiger partial charge on any atom is 0.516 e. The maximum absolute atomic E-state index is 11.5. The molecule has 5 nitrogen and oxygen atoms in total. The van der Waals surface area contributed by atoms with Crippen LogP contribution < -0.4 is 5.73 Å². The summed E-state index contributed by atoms with van der Waals surface area (Å²) in [6, 6.07) is 6.75. The first-order chi connectivity index (χ1) is 9.67. The van der Waals surface area contributed by atoms with E-state index in [1.807, 2.05) is 6.07 Å². The van der Waals surface area contributed by atoms with Gasteiger partial charge in [-0.1, -0.05) is 23.7 Å². The molecule has 0 unspecified atom stereocenters. The summed E-state index contributed by atoms with van der Waals surface area (Å²) in [7, 11) is 0. The van der Waals surface area contributed by atoms with Crippen molar-refractivity contribution in [2.24, 2.45) is 5.73 Å². The van der Waals surface area contributed by atoms with Crippen LogP contribution in [0.5, 0.6) is 0 Å². The summed E-state index contributed by atoms with van der Waals surface area (Å²) < 4.78 is 9.44. The van der Waals surface area contributed by atoms with Crippen molar-refractivity contribution < 1.29 is 19.1 Å². The highest BCUT2D eigenvalue weighted by molar-refractivity contribution is 6.30. The van der Waals surface area contributed by atoms with Gasteiger partial charge in [0, 0.05) is 17.5 Å². The second-order valence-electron chi connectivity index (χ2n) is 5.64. The third-order valence-corrected chi connectivity index (χ3v) is 2.76. The molecule has 0 radical (unpaired) electrons. The molecule has 0 bridgehead atoms. The third-order valence-electron chi connectivity index (χ3n) is 2.52. The van der Waals surface area contributed by atoms with Gasteiger partial charge in [0.15, 0.2) is 0 Å². The number of benzene rings is 1. The SMILES string of the molecule is CC(C)(C)OC(=O)OC(=O)CC[C@@H](N)c1cccc(Cl)c1. The highest BCUT2D eigenvalue weighted by atomic mass is 35.5. The van der Waals surface area contributed by atoms with Crippen molar-refractivity contribution >= 4 is 23.7 Å². The monoisotopic (exact) mass is 313 g/mol. The van der Waals surface area contributed by atoms with Crippen molar-refractivity contribution in [3.05, 3.63) is 34.9 Å². The third kappa shape index (κ3) is 7.11. The van der Waals surface area contributed by atoms with Gasteiger partial charge in [-0.05, 0) is 44.9 Å². The molecule has 0 amide bonds. The Balaban J connectivity index is 2.41. The fraction of sp³-hybridized carbons (Fsp3) is 0.467. The molecule has 0 aliphatic rings. The van der Waals surface area contributed by atoms with Crippen LogP contribution in [-0.2, 0) is 14.3 Å². The second kappa shape index (κ2) is 7.43. The molecule has 0 aliphatic heterocycles. The molecular formula is C15H20ClNO4. The lowest BCUT2D eigenvalue weighted by molar-refractivity contribution is -0.141. The number of nitrogens with two attached hydrogens (primary N) is 1. The number of carbonyl (C=O) groups is 2. The molecule has 6 heteroatoms. The lowest BCUT2D eigenvalue weighted by Crippen LogP contribution is -2.26. The van der Waals surface area contributed by atoms with Crippen LogP contribution in [0, 0.1) is 0 Å². The Bertz CT molecular complexity index is 511. The molecule has 1 atom stereocenters. The van der Waals surface area contributed by atoms with E-state index in [2.05, 4.69) is 4.74 Å². The van der Waals surface area contributed by atoms with Crippen molar-refractivity contribution in [1.82, 2.24) is 0 Å². The maximum atomic E-state index is 11.5. The minimum atomic E-state index is -0.996. The zero-order valence-electron chi connectivity index (χ0n) is 12.4. The first-order valence-corrected chi connectivity index (χ1v) is 7.00. The number of hydrogen-bond acceptors (Lipinski definition) is 5. The van der Waals surface area contributed by atoms with Gasteiger partial charge >= 0.3 is 12.1 Å². The van der Waals surface area contributed by atoms with Crippen LogP contribution in [0.2, 0.25) is 5.02 Å². The van der Waals surface area contributed by atoms with Crippen LogP contribution in [0.1, 0.15) is 45.2 Å². The van der Waals surface area contributed by atoms with E-state index in [1.165, 1.54) is 0 Å². The topological polar surface area (TPSA) is 78.6 Å². The van der Waals surface area contributed by atoms with Crippen LogP contribution in [0.3, 0.4) is 0 Å². The number of esters is 1. The Morgan fingerprint density at radius 3 is 2.57 bits per heavy atom. The summed E-state index contributed by atoms with van der Waals surface area (Å²) in [5, 5.41) is 0.583. The zero-order chi connectivity index (χ0) is 16.0. The molecular weight excluding hydrogens is 294 g/mol. The molecule has 0 heterocycles. The van der Waals surface area contributed by atoms with E-state index in [-0.39, 0.29) is 12.5 Å². The first kappa shape index (κ1) is 17.5. The average molecular weight is 314 g/mol. The number of hydrogen-bond donors (Lipinski definition) is 1. The van der Waals surface area contributed by atoms with Crippen LogP contribution >= 0.6 is 11.6 Å². The minimum Gasteiger partial charge on any atom is -0.428 e. The summed E-state index contributed by atoms with van der Waals surface area (Å²) >= 11 is 5.87. The zero-order valence-corrected chi connectivity index (χ0v) is 13.1. The molecule has 1 aromatic rings. The fourth-order valence-corrected chi connectivity index (χ4v) is 1.79. The largest absolute Gasteiger partial charge is 0.516 e. The van der Waals surface area contributed by atoms with Crippen molar-refractivity contribution in [2.75, 3.05) is 0 Å². The molecule has 1 rings (SSSR count). The quantitative estimate of drug-likeness (QED) is 0.678. The van der Waals surface area contributed by atoms with Crippen molar-refractivity contribution in [1.29, 1.82) is 0 Å². The molecule has 2 N–H and O–H groups in total. The fourth-order valence-electron chi connectivity index (χ4n) is 1.59. The molecule has 0 saturated heterocycles. The highest BCUT2D eigenvalue weighted by Crippen LogP contribution is 2.20. The minimum absolute atomic E-state index is 0.0208. The lowest BCUT2D eigenvalue weighted by atomic mass is 10.0. The Morgan fingerprint density at radius 1 is 1.33 bits per heavy atom. The smallest absolute Gasteiger partial charge is 0.428 e. The molecule has 0 saturated carbocycles. The van der Waals surface area contributed by atoms with Gasteiger partial charge in [0.25, 0.3) is 0 Å². The van der Waals surface area contributed by atoms with E-state index in [1.54, 1.807) is 39.0 Å². The van der Waals surface area contributed by atoms with Gasteiger partial charge in [0.2, 0.25) is 0 Å². The van der Waals surface area contributed by atoms with E-state index in [9.17, 15) is 9.59 Å². The Kier molecular flexibility index (Phi) is 6.18. The highest BCUT2D eigenvalue weighted by Gasteiger charge is 2.20. The molecule has 0 aliphatic carbocycles. The predicted molar refractivity (Wildman–Crippen MR) is 79.9 cm³/mol. The molecule has 21 heavy (non-hydrogen) atoms. The average Bonchev–Trinajstić information content (AvgIpc) is 2.33. The van der Waals surface area contributed by atoms with E-state index < -0.39 is 17.7 Å². The molecule has 0 fully saturated rings. The van der Waals surface area contributed by atoms with Gasteiger partial charge in [-0.25, -0.2) is 4.79 Å². The van der Waals surface area contributed by atoms with Crippen LogP contribution in [-0.4, -0.2) is 17.7 Å². The predicted octanol–water partition coefficient (Wildman–Crippen LogP) is 3.60. The van der Waals surface area contributed by atoms with Gasteiger partial charge in [-0.2, -0.15) is 0 Å². The van der Waals surface area contributed by atoms with Crippen LogP contribution in [0.25, 0.3) is 0 Å². The van der Waals surface area contributed by atoms with Gasteiger partial charge in [-0.15, -0.1) is 0 Å². The molecule has 116 valence electrons. The first-order valence-electron chi connectivity index (χ1n) is 6.62. The van der Waals surface area contributed by atoms with Gasteiger partial charge in [-0.3, -0.25) is 4.79 Å². The molecule has 0 aromatic heterocycles. The number of ether oxygens (including phenoxy) is 2. The summed E-state index contributed by atoms with van der Waals surface area (Å²) in [6.45, 7) is 5.06. The standard InChI is InChI=1S/C15H20ClNO4/c1-15(2,3)21-14(19)20-13(18)8-7-12(17)10-5-4-6-11(16)9-10/h4-6,9,12H,7-8,17H2,1-3H3/t12-/m1/s1. The van der Waals surface area contributed by atoms with Crippen molar-refractivity contribution in [3.63, 3.8) is 0 Å². The Hall–Kier alpha value is -1.59. The van der Waals surface area contributed by atoms with Crippen LogP contribution in [0.15, 0.2) is 24.3 Å². The van der Waals surface area contributed by atoms with Gasteiger partial charge in [0.1, 0.15) is 5.60 Å². The normalized spacial score (nSPS) is 12.6. The van der Waals surface area contributed by atoms with E-state index in [0.29, 0.717) is 11.4 Å². The van der Waals surface area contributed by atoms with Crippen LogP contribution in [0.4, 0.5) is 4.79 Å². The number of carbonyl (C=O) groups excluding carboxylic acids is 2. The van der Waals surface area contributed by atoms with Crippen molar-refractivity contribution in [2.45, 2.75) is 45.3 Å². The second-order valence-corrected chi connectivity index (χ2v) is 6.08. The van der Waals surface area contributed by atoms with E-state index in [0.717, 1.165) is 5.56 Å². The lowest BCUT2D eigenvalue weighted by Gasteiger charge is -2.18. The summed E-state index contributed by atoms with van der Waals surface area (Å²) in [6.07, 6.45) is -0.627. The Labute approximate surface area is 129 Å². The van der Waals surface area contributed by atoms with Gasteiger partial charge in [0.05, 0.1) is 0 Å². The Morgan fingerprint density at radius 2 is 2.00 bits per heavy atom. The molecule has 1 aromatic carbocycles. The molecule has 0 spiro atoms. The number of rotatable bonds is 4. The van der Waals surface area contributed by atoms with E-state index in [4.69, 9.17) is 22.1 Å². The van der Waals surface area contributed by atoms with Gasteiger partial charge < -0.3 is 15.2 Å². The van der Waals surface area contributed by atoms with E-state index >= 15 is 0 Å². The van der Waals surface area contributed by atoms with Crippen molar-refractivity contribution in [3.8, 4) is 0 Å². The summed E-state index contributed by atoms with van der Waals surface area (Å²) in [5.74, 6) is -0.665. The summed E-state index contributed by atoms with van der Waals surface area (Å²) in [4.78, 5) is 22.9. The number of halogens is 1. The summed E-state index contributed by atoms with van der Waals surface area (Å²) in [5.41, 5.74) is 6.09.